The molecule has 2 heterocycles. The molecule has 2 fully saturated rings. The molecule has 2 aliphatic heterocycles. The Bertz CT molecular complexity index is 232. The molecule has 3 heteroatoms. The van der Waals surface area contributed by atoms with E-state index in [4.69, 9.17) is 5.73 Å². The predicted octanol–water partition coefficient (Wildman–Crippen LogP) is 1.53. The van der Waals surface area contributed by atoms with E-state index in [-0.39, 0.29) is 0 Å². The molecule has 2 N–H and O–H groups in total. The molecule has 17 heavy (non-hydrogen) atoms. The minimum atomic E-state index is 0.740. The highest BCUT2D eigenvalue weighted by Crippen LogP contribution is 2.25. The topological polar surface area (TPSA) is 32.5 Å². The van der Waals surface area contributed by atoms with Crippen LogP contribution in [0.15, 0.2) is 0 Å². The fourth-order valence-corrected chi connectivity index (χ4v) is 3.46. The van der Waals surface area contributed by atoms with Gasteiger partial charge >= 0.3 is 0 Å². The van der Waals surface area contributed by atoms with E-state index in [2.05, 4.69) is 23.6 Å². The first kappa shape index (κ1) is 13.3. The van der Waals surface area contributed by atoms with Gasteiger partial charge in [-0.1, -0.05) is 6.92 Å². The van der Waals surface area contributed by atoms with Gasteiger partial charge in [0.1, 0.15) is 0 Å². The van der Waals surface area contributed by atoms with E-state index in [9.17, 15) is 0 Å². The molecule has 2 rings (SSSR count). The van der Waals surface area contributed by atoms with E-state index in [0.717, 1.165) is 24.5 Å². The molecule has 3 atom stereocenters. The molecule has 0 aliphatic carbocycles. The van der Waals surface area contributed by atoms with Crippen molar-refractivity contribution in [3.05, 3.63) is 0 Å². The van der Waals surface area contributed by atoms with Crippen LogP contribution >= 0.6 is 0 Å². The molecule has 0 aromatic heterocycles. The largest absolute Gasteiger partial charge is 0.330 e. The summed E-state index contributed by atoms with van der Waals surface area (Å²) in [5.74, 6) is 0.800. The number of hydrogen-bond donors (Lipinski definition) is 1. The van der Waals surface area contributed by atoms with Crippen LogP contribution in [0.25, 0.3) is 0 Å². The Labute approximate surface area is 106 Å². The van der Waals surface area contributed by atoms with E-state index >= 15 is 0 Å². The maximum absolute atomic E-state index is 5.59. The summed E-state index contributed by atoms with van der Waals surface area (Å²) in [5.41, 5.74) is 5.59. The average molecular weight is 239 g/mol. The number of nitrogens with zero attached hydrogens (tertiary/aromatic N) is 2. The molecule has 0 saturated carbocycles. The lowest BCUT2D eigenvalue weighted by molar-refractivity contribution is 0.0488. The van der Waals surface area contributed by atoms with Gasteiger partial charge in [-0.3, -0.25) is 9.80 Å². The molecule has 3 nitrogen and oxygen atoms in total. The first-order valence-corrected chi connectivity index (χ1v) is 7.39. The predicted molar refractivity (Wildman–Crippen MR) is 73.1 cm³/mol. The third kappa shape index (κ3) is 3.43. The minimum Gasteiger partial charge on any atom is -0.330 e. The Morgan fingerprint density at radius 1 is 1.35 bits per heavy atom. The van der Waals surface area contributed by atoms with E-state index in [1.54, 1.807) is 0 Å². The highest BCUT2D eigenvalue weighted by Gasteiger charge is 2.34. The van der Waals surface area contributed by atoms with E-state index in [1.807, 2.05) is 0 Å². The Kier molecular flexibility index (Phi) is 4.83. The Balaban J connectivity index is 1.79. The lowest BCUT2D eigenvalue weighted by Gasteiger charge is -2.43. The van der Waals surface area contributed by atoms with Crippen molar-refractivity contribution in [3.63, 3.8) is 0 Å². The fourth-order valence-electron chi connectivity index (χ4n) is 3.46. The molecule has 0 bridgehead atoms. The number of nitrogens with two attached hydrogens (primary N) is 1. The van der Waals surface area contributed by atoms with Gasteiger partial charge in [0.2, 0.25) is 0 Å². The number of piperazine rings is 1. The van der Waals surface area contributed by atoms with Gasteiger partial charge in [0.15, 0.2) is 0 Å². The van der Waals surface area contributed by atoms with Crippen LogP contribution in [0.1, 0.15) is 39.5 Å². The van der Waals surface area contributed by atoms with E-state index in [1.165, 1.54) is 51.9 Å². The molecule has 0 amide bonds. The van der Waals surface area contributed by atoms with Crippen LogP contribution in [-0.4, -0.2) is 54.6 Å². The quantitative estimate of drug-likeness (QED) is 0.790. The number of fused-ring (bicyclic) bond motifs is 1. The van der Waals surface area contributed by atoms with Crippen molar-refractivity contribution in [1.29, 1.82) is 0 Å². The van der Waals surface area contributed by atoms with Gasteiger partial charge in [0.25, 0.3) is 0 Å². The maximum atomic E-state index is 5.59. The van der Waals surface area contributed by atoms with Crippen LogP contribution in [0.3, 0.4) is 0 Å². The highest BCUT2D eigenvalue weighted by atomic mass is 15.3. The van der Waals surface area contributed by atoms with Crippen LogP contribution in [-0.2, 0) is 0 Å². The second kappa shape index (κ2) is 6.17. The van der Waals surface area contributed by atoms with Crippen molar-refractivity contribution in [3.8, 4) is 0 Å². The zero-order chi connectivity index (χ0) is 12.3. The van der Waals surface area contributed by atoms with Gasteiger partial charge < -0.3 is 5.73 Å². The summed E-state index contributed by atoms with van der Waals surface area (Å²) in [7, 11) is 0. The standard InChI is InChI=1S/C14H29N3/c1-12(5-3-7-15)9-17-11-14-6-4-8-16(14)10-13(17)2/h12-14H,3-11,15H2,1-2H3. The summed E-state index contributed by atoms with van der Waals surface area (Å²) in [4.78, 5) is 5.42. The van der Waals surface area contributed by atoms with Gasteiger partial charge in [-0.25, -0.2) is 0 Å². The van der Waals surface area contributed by atoms with Crippen LogP contribution in [0.4, 0.5) is 0 Å². The van der Waals surface area contributed by atoms with Crippen LogP contribution in [0, 0.1) is 5.92 Å². The van der Waals surface area contributed by atoms with Crippen molar-refractivity contribution in [2.45, 2.75) is 51.6 Å². The molecular formula is C14H29N3. The van der Waals surface area contributed by atoms with Gasteiger partial charge in [0, 0.05) is 31.7 Å². The molecule has 0 spiro atoms. The third-order valence-electron chi connectivity index (χ3n) is 4.51. The molecule has 0 radical (unpaired) electrons. The monoisotopic (exact) mass is 239 g/mol. The molecular weight excluding hydrogens is 210 g/mol. The van der Waals surface area contributed by atoms with Crippen molar-refractivity contribution in [2.75, 3.05) is 32.7 Å². The molecule has 2 saturated heterocycles. The van der Waals surface area contributed by atoms with Crippen molar-refractivity contribution in [2.24, 2.45) is 11.7 Å². The SMILES string of the molecule is CC(CCCN)CN1CC2CCCN2CC1C. The average Bonchev–Trinajstić information content (AvgIpc) is 2.74. The van der Waals surface area contributed by atoms with Gasteiger partial charge in [-0.05, 0) is 51.6 Å². The second-order valence-corrected chi connectivity index (χ2v) is 6.13. The third-order valence-corrected chi connectivity index (χ3v) is 4.51. The lowest BCUT2D eigenvalue weighted by atomic mass is 10.0. The number of rotatable bonds is 5. The first-order chi connectivity index (χ1) is 8.20. The van der Waals surface area contributed by atoms with Crippen LogP contribution < -0.4 is 5.73 Å². The molecule has 0 aromatic carbocycles. The maximum Gasteiger partial charge on any atom is 0.0224 e. The molecule has 100 valence electrons. The van der Waals surface area contributed by atoms with Gasteiger partial charge in [-0.2, -0.15) is 0 Å². The molecule has 0 aromatic rings. The lowest BCUT2D eigenvalue weighted by Crippen LogP contribution is -2.55. The summed E-state index contributed by atoms with van der Waals surface area (Å²) >= 11 is 0. The first-order valence-electron chi connectivity index (χ1n) is 7.39. The summed E-state index contributed by atoms with van der Waals surface area (Å²) in [5, 5.41) is 0. The van der Waals surface area contributed by atoms with Crippen LogP contribution in [0.5, 0.6) is 0 Å². The van der Waals surface area contributed by atoms with E-state index in [0.29, 0.717) is 0 Å². The van der Waals surface area contributed by atoms with Gasteiger partial charge in [0.05, 0.1) is 0 Å². The summed E-state index contributed by atoms with van der Waals surface area (Å²) in [6, 6.07) is 1.59. The minimum absolute atomic E-state index is 0.740. The zero-order valence-corrected chi connectivity index (χ0v) is 11.6. The molecule has 2 aliphatic rings. The summed E-state index contributed by atoms with van der Waals surface area (Å²) < 4.78 is 0. The van der Waals surface area contributed by atoms with Crippen LogP contribution in [0.2, 0.25) is 0 Å². The van der Waals surface area contributed by atoms with Gasteiger partial charge in [-0.15, -0.1) is 0 Å². The Morgan fingerprint density at radius 2 is 2.18 bits per heavy atom. The normalized spacial score (nSPS) is 32.6. The highest BCUT2D eigenvalue weighted by molar-refractivity contribution is 4.90. The Hall–Kier alpha value is -0.120. The molecule has 3 unspecified atom stereocenters. The zero-order valence-electron chi connectivity index (χ0n) is 11.6. The summed E-state index contributed by atoms with van der Waals surface area (Å²) in [6.45, 7) is 10.8. The van der Waals surface area contributed by atoms with Crippen molar-refractivity contribution >= 4 is 0 Å². The van der Waals surface area contributed by atoms with E-state index < -0.39 is 0 Å². The summed E-state index contributed by atoms with van der Waals surface area (Å²) in [6.07, 6.45) is 5.29. The Morgan fingerprint density at radius 3 is 2.94 bits per heavy atom. The second-order valence-electron chi connectivity index (χ2n) is 6.13. The van der Waals surface area contributed by atoms with Crippen molar-refractivity contribution in [1.82, 2.24) is 9.80 Å². The smallest absolute Gasteiger partial charge is 0.0224 e. The number of hydrogen-bond acceptors (Lipinski definition) is 3. The van der Waals surface area contributed by atoms with Crippen molar-refractivity contribution < 1.29 is 0 Å². The fraction of sp³-hybridized carbons (Fsp3) is 1.00.